The molecule has 2 rings (SSSR count). The summed E-state index contributed by atoms with van der Waals surface area (Å²) in [5, 5.41) is 3.30. The van der Waals surface area contributed by atoms with Crippen LogP contribution < -0.4 is 5.32 Å². The number of nitrogens with zero attached hydrogens (tertiary/aromatic N) is 1. The molecule has 0 aromatic heterocycles. The summed E-state index contributed by atoms with van der Waals surface area (Å²) in [5.41, 5.74) is 1.19. The third-order valence-corrected chi connectivity index (χ3v) is 4.11. The summed E-state index contributed by atoms with van der Waals surface area (Å²) >= 11 is 3.53. The van der Waals surface area contributed by atoms with Crippen LogP contribution in [-0.2, 0) is 4.79 Å². The van der Waals surface area contributed by atoms with E-state index in [9.17, 15) is 4.79 Å². The molecule has 0 aliphatic carbocycles. The number of amides is 1. The molecule has 1 unspecified atom stereocenters. The van der Waals surface area contributed by atoms with Crippen LogP contribution in [0.3, 0.4) is 0 Å². The summed E-state index contributed by atoms with van der Waals surface area (Å²) in [6, 6.07) is 8.28. The first-order valence-electron chi connectivity index (χ1n) is 6.44. The van der Waals surface area contributed by atoms with Crippen LogP contribution in [0.5, 0.6) is 0 Å². The number of halogens is 1. The molecule has 1 aliphatic heterocycles. The van der Waals surface area contributed by atoms with Gasteiger partial charge in [-0.3, -0.25) is 4.79 Å². The topological polar surface area (TPSA) is 32.3 Å². The third-order valence-electron chi connectivity index (χ3n) is 3.39. The zero-order valence-corrected chi connectivity index (χ0v) is 12.2. The van der Waals surface area contributed by atoms with Crippen molar-refractivity contribution in [3.63, 3.8) is 0 Å². The summed E-state index contributed by atoms with van der Waals surface area (Å²) in [4.78, 5) is 13.9. The lowest BCUT2D eigenvalue weighted by molar-refractivity contribution is -0.129. The van der Waals surface area contributed by atoms with E-state index in [0.717, 1.165) is 30.4 Å². The van der Waals surface area contributed by atoms with Crippen molar-refractivity contribution in [2.75, 3.05) is 19.6 Å². The molecule has 1 heterocycles. The average Bonchev–Trinajstić information content (AvgIpc) is 2.90. The van der Waals surface area contributed by atoms with Crippen LogP contribution in [0, 0.1) is 0 Å². The molecule has 98 valence electrons. The summed E-state index contributed by atoms with van der Waals surface area (Å²) < 4.78 is 1.08. The molecule has 3 nitrogen and oxygen atoms in total. The van der Waals surface area contributed by atoms with Crippen LogP contribution in [0.25, 0.3) is 0 Å². The monoisotopic (exact) mass is 310 g/mol. The molecule has 1 aromatic carbocycles. The molecule has 1 aromatic rings. The predicted octanol–water partition coefficient (Wildman–Crippen LogP) is 2.72. The Morgan fingerprint density at radius 2 is 2.06 bits per heavy atom. The predicted molar refractivity (Wildman–Crippen MR) is 76.4 cm³/mol. The molecule has 1 atom stereocenters. The highest BCUT2D eigenvalue weighted by atomic mass is 79.9. The Kier molecular flexibility index (Phi) is 4.78. The van der Waals surface area contributed by atoms with Crippen LogP contribution in [0.4, 0.5) is 0 Å². The van der Waals surface area contributed by atoms with Crippen molar-refractivity contribution in [1.29, 1.82) is 0 Å². The second-order valence-electron chi connectivity index (χ2n) is 4.71. The highest BCUT2D eigenvalue weighted by Crippen LogP contribution is 2.22. The Balaban J connectivity index is 1.86. The number of carbonyl (C=O) groups is 1. The van der Waals surface area contributed by atoms with E-state index in [1.165, 1.54) is 5.56 Å². The number of hydrogen-bond acceptors (Lipinski definition) is 2. The van der Waals surface area contributed by atoms with E-state index in [1.54, 1.807) is 0 Å². The van der Waals surface area contributed by atoms with Gasteiger partial charge in [0.05, 0.1) is 6.54 Å². The van der Waals surface area contributed by atoms with Crippen molar-refractivity contribution in [2.45, 2.75) is 25.8 Å². The highest BCUT2D eigenvalue weighted by Gasteiger charge is 2.18. The average molecular weight is 311 g/mol. The molecule has 1 amide bonds. The van der Waals surface area contributed by atoms with Gasteiger partial charge < -0.3 is 10.2 Å². The normalized spacial score (nSPS) is 16.9. The number of likely N-dealkylation sites (tertiary alicyclic amines) is 1. The third kappa shape index (κ3) is 3.33. The van der Waals surface area contributed by atoms with Gasteiger partial charge >= 0.3 is 0 Å². The second kappa shape index (κ2) is 6.34. The lowest BCUT2D eigenvalue weighted by Crippen LogP contribution is -2.37. The molecule has 1 saturated heterocycles. The number of benzene rings is 1. The first-order chi connectivity index (χ1) is 8.68. The zero-order chi connectivity index (χ0) is 13.0. The Morgan fingerprint density at radius 3 is 2.72 bits per heavy atom. The van der Waals surface area contributed by atoms with Gasteiger partial charge in [-0.25, -0.2) is 0 Å². The molecule has 4 heteroatoms. The summed E-state index contributed by atoms with van der Waals surface area (Å²) in [6.45, 7) is 4.34. The molecule has 0 spiro atoms. The molecule has 18 heavy (non-hydrogen) atoms. The fraction of sp³-hybridized carbons (Fsp3) is 0.500. The van der Waals surface area contributed by atoms with Crippen molar-refractivity contribution in [1.82, 2.24) is 10.2 Å². The first-order valence-corrected chi connectivity index (χ1v) is 7.23. The van der Waals surface area contributed by atoms with Crippen LogP contribution in [0.2, 0.25) is 0 Å². The lowest BCUT2D eigenvalue weighted by atomic mass is 10.1. The minimum atomic E-state index is 0.173. The van der Waals surface area contributed by atoms with Crippen LogP contribution in [0.1, 0.15) is 31.4 Å². The van der Waals surface area contributed by atoms with E-state index in [4.69, 9.17) is 0 Å². The van der Waals surface area contributed by atoms with Gasteiger partial charge in [-0.15, -0.1) is 0 Å². The summed E-state index contributed by atoms with van der Waals surface area (Å²) in [5.74, 6) is 0.214. The van der Waals surface area contributed by atoms with E-state index < -0.39 is 0 Å². The van der Waals surface area contributed by atoms with Gasteiger partial charge in [-0.05, 0) is 31.4 Å². The van der Waals surface area contributed by atoms with Gasteiger partial charge in [0.2, 0.25) is 5.91 Å². The van der Waals surface area contributed by atoms with Gasteiger partial charge in [0, 0.05) is 23.6 Å². The SMILES string of the molecule is CC(NCC(=O)N1CCCC1)c1ccccc1Br. The zero-order valence-electron chi connectivity index (χ0n) is 10.7. The number of hydrogen-bond donors (Lipinski definition) is 1. The Hall–Kier alpha value is -0.870. The maximum Gasteiger partial charge on any atom is 0.236 e. The van der Waals surface area contributed by atoms with Gasteiger partial charge in [-0.2, -0.15) is 0 Å². The van der Waals surface area contributed by atoms with E-state index in [-0.39, 0.29) is 11.9 Å². The quantitative estimate of drug-likeness (QED) is 0.927. The van der Waals surface area contributed by atoms with Crippen molar-refractivity contribution in [2.24, 2.45) is 0 Å². The highest BCUT2D eigenvalue weighted by molar-refractivity contribution is 9.10. The van der Waals surface area contributed by atoms with Crippen LogP contribution in [0.15, 0.2) is 28.7 Å². The van der Waals surface area contributed by atoms with Gasteiger partial charge in [0.1, 0.15) is 0 Å². The fourth-order valence-electron chi connectivity index (χ4n) is 2.25. The lowest BCUT2D eigenvalue weighted by Gasteiger charge is -2.19. The fourth-order valence-corrected chi connectivity index (χ4v) is 2.88. The standard InChI is InChI=1S/C14H19BrN2O/c1-11(12-6-2-3-7-13(12)15)16-10-14(18)17-8-4-5-9-17/h2-3,6-7,11,16H,4-5,8-10H2,1H3. The molecule has 1 N–H and O–H groups in total. The Labute approximate surface area is 117 Å². The maximum atomic E-state index is 11.9. The Bertz CT molecular complexity index is 416. The molecule has 1 aliphatic rings. The molecule has 0 saturated carbocycles. The molecule has 0 radical (unpaired) electrons. The smallest absolute Gasteiger partial charge is 0.236 e. The summed E-state index contributed by atoms with van der Waals surface area (Å²) in [6.07, 6.45) is 2.29. The van der Waals surface area contributed by atoms with E-state index in [0.29, 0.717) is 6.54 Å². The first kappa shape index (κ1) is 13.6. The largest absolute Gasteiger partial charge is 0.342 e. The van der Waals surface area contributed by atoms with Crippen LogP contribution >= 0.6 is 15.9 Å². The van der Waals surface area contributed by atoms with E-state index in [1.807, 2.05) is 23.1 Å². The summed E-state index contributed by atoms with van der Waals surface area (Å²) in [7, 11) is 0. The van der Waals surface area contributed by atoms with Crippen molar-refractivity contribution >= 4 is 21.8 Å². The van der Waals surface area contributed by atoms with Crippen molar-refractivity contribution in [3.8, 4) is 0 Å². The van der Waals surface area contributed by atoms with E-state index in [2.05, 4.69) is 34.2 Å². The van der Waals surface area contributed by atoms with Gasteiger partial charge in [0.25, 0.3) is 0 Å². The number of rotatable bonds is 4. The van der Waals surface area contributed by atoms with E-state index >= 15 is 0 Å². The number of carbonyl (C=O) groups excluding carboxylic acids is 1. The molecular formula is C14H19BrN2O. The minimum absolute atomic E-state index is 0.173. The second-order valence-corrected chi connectivity index (χ2v) is 5.57. The molecule has 1 fully saturated rings. The molecule has 0 bridgehead atoms. The minimum Gasteiger partial charge on any atom is -0.342 e. The maximum absolute atomic E-state index is 11.9. The van der Waals surface area contributed by atoms with Crippen LogP contribution in [-0.4, -0.2) is 30.4 Å². The Morgan fingerprint density at radius 1 is 1.39 bits per heavy atom. The molecular weight excluding hydrogens is 292 g/mol. The van der Waals surface area contributed by atoms with Crippen molar-refractivity contribution in [3.05, 3.63) is 34.3 Å². The number of nitrogens with one attached hydrogen (secondary N) is 1. The van der Waals surface area contributed by atoms with Gasteiger partial charge in [0.15, 0.2) is 0 Å². The van der Waals surface area contributed by atoms with Gasteiger partial charge in [-0.1, -0.05) is 34.1 Å². The van der Waals surface area contributed by atoms with Crippen molar-refractivity contribution < 1.29 is 4.79 Å².